The molecule has 0 saturated heterocycles. The van der Waals surface area contributed by atoms with Gasteiger partial charge in [-0.1, -0.05) is 13.0 Å². The van der Waals surface area contributed by atoms with Crippen LogP contribution in [0.15, 0.2) is 67.4 Å². The van der Waals surface area contributed by atoms with Gasteiger partial charge in [0.2, 0.25) is 0 Å². The number of anilines is 2. The van der Waals surface area contributed by atoms with E-state index in [9.17, 15) is 0 Å². The first kappa shape index (κ1) is 18.1. The van der Waals surface area contributed by atoms with E-state index < -0.39 is 0 Å². The molecule has 0 atom stereocenters. The van der Waals surface area contributed by atoms with Crippen molar-refractivity contribution in [3.63, 3.8) is 0 Å². The minimum atomic E-state index is 0.716. The van der Waals surface area contributed by atoms with E-state index in [1.54, 1.807) is 10.8 Å². The highest BCUT2D eigenvalue weighted by Crippen LogP contribution is 2.30. The lowest BCUT2D eigenvalue weighted by Crippen LogP contribution is -1.98. The summed E-state index contributed by atoms with van der Waals surface area (Å²) in [6.07, 6.45) is 5.90. The summed E-state index contributed by atoms with van der Waals surface area (Å²) in [5.41, 5.74) is 4.87. The van der Waals surface area contributed by atoms with Crippen molar-refractivity contribution in [1.82, 2.24) is 24.6 Å². The molecule has 5 aromatic rings. The van der Waals surface area contributed by atoms with Gasteiger partial charge in [0.15, 0.2) is 5.65 Å². The standard InChI is InChI=1S/C23H20N6O/c1-3-16-4-6-20-19(11-16)23(26-13-24-20)28-17-5-7-21(15(2)10-17)30-18-8-9-29-22(12-18)25-14-27-29/h4-14H,3H2,1-2H3,(H,24,26,28). The third-order valence-electron chi connectivity index (χ3n) is 5.03. The highest BCUT2D eigenvalue weighted by Gasteiger charge is 2.08. The van der Waals surface area contributed by atoms with E-state index in [2.05, 4.69) is 44.4 Å². The zero-order valence-corrected chi connectivity index (χ0v) is 16.7. The third kappa shape index (κ3) is 3.41. The van der Waals surface area contributed by atoms with Gasteiger partial charge in [0.05, 0.1) is 5.52 Å². The van der Waals surface area contributed by atoms with Crippen LogP contribution in [0.25, 0.3) is 16.6 Å². The van der Waals surface area contributed by atoms with Crippen molar-refractivity contribution in [2.75, 3.05) is 5.32 Å². The van der Waals surface area contributed by atoms with Crippen LogP contribution in [0.4, 0.5) is 11.5 Å². The van der Waals surface area contributed by atoms with Crippen molar-refractivity contribution in [3.05, 3.63) is 78.5 Å². The number of ether oxygens (including phenoxy) is 1. The Morgan fingerprint density at radius 2 is 1.90 bits per heavy atom. The SMILES string of the molecule is CCc1ccc2ncnc(Nc3ccc(Oc4ccn5ncnc5c4)c(C)c3)c2c1. The lowest BCUT2D eigenvalue weighted by Gasteiger charge is -2.13. The monoisotopic (exact) mass is 396 g/mol. The highest BCUT2D eigenvalue weighted by atomic mass is 16.5. The topological polar surface area (TPSA) is 77.2 Å². The Balaban J connectivity index is 1.41. The summed E-state index contributed by atoms with van der Waals surface area (Å²) in [5, 5.41) is 8.53. The number of nitrogens with one attached hydrogen (secondary N) is 1. The number of benzene rings is 2. The van der Waals surface area contributed by atoms with Gasteiger partial charge in [-0.05, 0) is 60.9 Å². The van der Waals surface area contributed by atoms with E-state index in [-0.39, 0.29) is 0 Å². The van der Waals surface area contributed by atoms with E-state index in [4.69, 9.17) is 4.74 Å². The molecule has 5 rings (SSSR count). The van der Waals surface area contributed by atoms with Gasteiger partial charge in [0.1, 0.15) is 30.0 Å². The minimum absolute atomic E-state index is 0.716. The summed E-state index contributed by atoms with van der Waals surface area (Å²) in [5.74, 6) is 2.29. The van der Waals surface area contributed by atoms with Crippen LogP contribution in [0.5, 0.6) is 11.5 Å². The number of aryl methyl sites for hydroxylation is 2. The number of rotatable bonds is 5. The van der Waals surface area contributed by atoms with Gasteiger partial charge in [-0.3, -0.25) is 0 Å². The number of hydrogen-bond acceptors (Lipinski definition) is 6. The average molecular weight is 396 g/mol. The molecule has 0 aliphatic heterocycles. The first-order valence-electron chi connectivity index (χ1n) is 9.78. The molecule has 0 fully saturated rings. The van der Waals surface area contributed by atoms with Gasteiger partial charge >= 0.3 is 0 Å². The molecule has 2 aromatic carbocycles. The van der Waals surface area contributed by atoms with Crippen LogP contribution in [0.2, 0.25) is 0 Å². The van der Waals surface area contributed by atoms with Crippen LogP contribution in [0.1, 0.15) is 18.1 Å². The molecule has 7 heteroatoms. The maximum atomic E-state index is 6.06. The quantitative estimate of drug-likeness (QED) is 0.446. The summed E-state index contributed by atoms with van der Waals surface area (Å²) >= 11 is 0. The molecule has 0 aliphatic rings. The van der Waals surface area contributed by atoms with E-state index in [1.165, 1.54) is 11.9 Å². The second kappa shape index (κ2) is 7.44. The molecule has 0 spiro atoms. The molecule has 3 aromatic heterocycles. The Morgan fingerprint density at radius 1 is 0.967 bits per heavy atom. The van der Waals surface area contributed by atoms with Crippen molar-refractivity contribution in [3.8, 4) is 11.5 Å². The van der Waals surface area contributed by atoms with Gasteiger partial charge in [0, 0.05) is 23.3 Å². The molecule has 1 N–H and O–H groups in total. The van der Waals surface area contributed by atoms with Crippen LogP contribution < -0.4 is 10.1 Å². The number of fused-ring (bicyclic) bond motifs is 2. The number of nitrogens with zero attached hydrogens (tertiary/aromatic N) is 5. The Morgan fingerprint density at radius 3 is 2.77 bits per heavy atom. The smallest absolute Gasteiger partial charge is 0.158 e. The summed E-state index contributed by atoms with van der Waals surface area (Å²) in [4.78, 5) is 13.0. The Kier molecular flexibility index (Phi) is 4.48. The number of pyridine rings is 1. The van der Waals surface area contributed by atoms with E-state index >= 15 is 0 Å². The van der Waals surface area contributed by atoms with Crippen molar-refractivity contribution in [1.29, 1.82) is 0 Å². The molecule has 0 saturated carbocycles. The van der Waals surface area contributed by atoms with Crippen LogP contribution in [0, 0.1) is 6.92 Å². The molecule has 3 heterocycles. The molecule has 7 nitrogen and oxygen atoms in total. The summed E-state index contributed by atoms with van der Waals surface area (Å²) < 4.78 is 7.75. The normalized spacial score (nSPS) is 11.1. The van der Waals surface area contributed by atoms with Crippen molar-refractivity contribution >= 4 is 28.1 Å². The number of aromatic nitrogens is 5. The van der Waals surface area contributed by atoms with Crippen LogP contribution in [-0.2, 0) is 6.42 Å². The van der Waals surface area contributed by atoms with Gasteiger partial charge in [-0.15, -0.1) is 0 Å². The first-order chi connectivity index (χ1) is 14.7. The Bertz CT molecular complexity index is 1360. The lowest BCUT2D eigenvalue weighted by atomic mass is 10.1. The molecule has 0 radical (unpaired) electrons. The second-order valence-electron chi connectivity index (χ2n) is 7.06. The fraction of sp³-hybridized carbons (Fsp3) is 0.130. The molecule has 0 aliphatic carbocycles. The van der Waals surface area contributed by atoms with Crippen LogP contribution in [-0.4, -0.2) is 24.6 Å². The predicted molar refractivity (Wildman–Crippen MR) is 116 cm³/mol. The lowest BCUT2D eigenvalue weighted by molar-refractivity contribution is 0.478. The van der Waals surface area contributed by atoms with Gasteiger partial charge in [-0.25, -0.2) is 19.5 Å². The molecule has 30 heavy (non-hydrogen) atoms. The van der Waals surface area contributed by atoms with Crippen molar-refractivity contribution < 1.29 is 4.74 Å². The zero-order valence-electron chi connectivity index (χ0n) is 16.7. The molecular weight excluding hydrogens is 376 g/mol. The van der Waals surface area contributed by atoms with E-state index in [1.807, 2.05) is 49.5 Å². The molecular formula is C23H20N6O. The minimum Gasteiger partial charge on any atom is -0.457 e. The summed E-state index contributed by atoms with van der Waals surface area (Å²) in [6.45, 7) is 4.16. The van der Waals surface area contributed by atoms with Crippen LogP contribution in [0.3, 0.4) is 0 Å². The molecule has 148 valence electrons. The van der Waals surface area contributed by atoms with Gasteiger partial charge in [-0.2, -0.15) is 5.10 Å². The van der Waals surface area contributed by atoms with Crippen molar-refractivity contribution in [2.24, 2.45) is 0 Å². The summed E-state index contributed by atoms with van der Waals surface area (Å²) in [6, 6.07) is 16.0. The Labute approximate surface area is 173 Å². The fourth-order valence-corrected chi connectivity index (χ4v) is 3.39. The summed E-state index contributed by atoms with van der Waals surface area (Å²) in [7, 11) is 0. The molecule has 0 amide bonds. The van der Waals surface area contributed by atoms with Gasteiger partial charge < -0.3 is 10.1 Å². The maximum absolute atomic E-state index is 6.06. The second-order valence-corrected chi connectivity index (χ2v) is 7.06. The van der Waals surface area contributed by atoms with Gasteiger partial charge in [0.25, 0.3) is 0 Å². The average Bonchev–Trinajstić information content (AvgIpc) is 3.23. The third-order valence-corrected chi connectivity index (χ3v) is 5.03. The highest BCUT2D eigenvalue weighted by molar-refractivity contribution is 5.91. The fourth-order valence-electron chi connectivity index (χ4n) is 3.39. The van der Waals surface area contributed by atoms with Crippen LogP contribution >= 0.6 is 0 Å². The molecule has 0 unspecified atom stereocenters. The maximum Gasteiger partial charge on any atom is 0.158 e. The first-order valence-corrected chi connectivity index (χ1v) is 9.78. The Hall–Kier alpha value is -4.00. The largest absolute Gasteiger partial charge is 0.457 e. The van der Waals surface area contributed by atoms with E-state index in [0.29, 0.717) is 5.75 Å². The molecule has 0 bridgehead atoms. The van der Waals surface area contributed by atoms with Crippen molar-refractivity contribution in [2.45, 2.75) is 20.3 Å². The predicted octanol–water partition coefficient (Wildman–Crippen LogP) is 5.08. The zero-order chi connectivity index (χ0) is 20.5. The van der Waals surface area contributed by atoms with E-state index in [0.717, 1.165) is 45.8 Å². The number of hydrogen-bond donors (Lipinski definition) is 1.